The SMILES string of the molecule is C#Cc1ccc(-c2ccc(F)c(F)c2)cc1F.Cc1cc(C)c(C#Cc2ccc(-c3ccc(F)c(F)c3)cc2F)c(C)c1.Cc1cc(O[Si](C)(C)C(C)(C)C)cc(C)c1Br. The van der Waals surface area contributed by atoms with Crippen molar-refractivity contribution in [3.8, 4) is 52.2 Å². The lowest BCUT2D eigenvalue weighted by Crippen LogP contribution is -2.43. The van der Waals surface area contributed by atoms with Crippen LogP contribution in [0.4, 0.5) is 26.3 Å². The predicted molar refractivity (Wildman–Crippen MR) is 240 cm³/mol. The maximum Gasteiger partial charge on any atom is 0.250 e. The Kier molecular flexibility index (Phi) is 15.5. The Labute approximate surface area is 360 Å². The van der Waals surface area contributed by atoms with Crippen LogP contribution in [0.1, 0.15) is 65.3 Å². The Balaban J connectivity index is 0.000000206. The molecule has 1 nitrogen and oxygen atoms in total. The molecule has 0 fully saturated rings. The highest BCUT2D eigenvalue weighted by atomic mass is 79.9. The van der Waals surface area contributed by atoms with Crippen molar-refractivity contribution in [1.82, 2.24) is 0 Å². The van der Waals surface area contributed by atoms with Crippen LogP contribution in [-0.4, -0.2) is 8.32 Å². The lowest BCUT2D eigenvalue weighted by Gasteiger charge is -2.36. The summed E-state index contributed by atoms with van der Waals surface area (Å²) in [7, 11) is -1.72. The first-order valence-corrected chi connectivity index (χ1v) is 22.7. The summed E-state index contributed by atoms with van der Waals surface area (Å²) in [5, 5.41) is 0.238. The highest BCUT2D eigenvalue weighted by Crippen LogP contribution is 2.38. The van der Waals surface area contributed by atoms with Crippen LogP contribution in [0.2, 0.25) is 18.1 Å². The van der Waals surface area contributed by atoms with Crippen LogP contribution in [-0.2, 0) is 0 Å². The molecular weight excluding hydrogens is 851 g/mol. The fourth-order valence-electron chi connectivity index (χ4n) is 5.88. The highest BCUT2D eigenvalue weighted by molar-refractivity contribution is 9.10. The second-order valence-electron chi connectivity index (χ2n) is 16.0. The van der Waals surface area contributed by atoms with Gasteiger partial charge in [-0.3, -0.25) is 0 Å². The molecule has 0 amide bonds. The van der Waals surface area contributed by atoms with Gasteiger partial charge in [0.1, 0.15) is 17.4 Å². The Morgan fingerprint density at radius 3 is 1.30 bits per heavy atom. The molecule has 0 aliphatic rings. The normalized spacial score (nSPS) is 10.9. The van der Waals surface area contributed by atoms with Gasteiger partial charge in [-0.05, 0) is 158 Å². The van der Waals surface area contributed by atoms with E-state index in [-0.39, 0.29) is 16.2 Å². The third-order valence-corrected chi connectivity index (χ3v) is 15.8. The molecule has 0 unspecified atom stereocenters. The maximum atomic E-state index is 14.4. The van der Waals surface area contributed by atoms with Gasteiger partial charge in [0.25, 0.3) is 0 Å². The van der Waals surface area contributed by atoms with Crippen molar-refractivity contribution in [2.24, 2.45) is 0 Å². The summed E-state index contributed by atoms with van der Waals surface area (Å²) in [6.45, 7) is 21.5. The maximum absolute atomic E-state index is 14.4. The molecular formula is C51H47BrF6OSi. The van der Waals surface area contributed by atoms with Gasteiger partial charge in [-0.1, -0.05) is 96.4 Å². The summed E-state index contributed by atoms with van der Waals surface area (Å²) in [4.78, 5) is 0. The number of rotatable bonds is 4. The molecule has 0 saturated carbocycles. The van der Waals surface area contributed by atoms with E-state index in [1.165, 1.54) is 45.9 Å². The van der Waals surface area contributed by atoms with E-state index >= 15 is 0 Å². The van der Waals surface area contributed by atoms with Crippen LogP contribution in [0.25, 0.3) is 22.3 Å². The average Bonchev–Trinajstić information content (AvgIpc) is 3.16. The lowest BCUT2D eigenvalue weighted by atomic mass is 9.99. The molecule has 0 aromatic heterocycles. The van der Waals surface area contributed by atoms with Crippen LogP contribution in [0.15, 0.2) is 102 Å². The molecule has 9 heteroatoms. The van der Waals surface area contributed by atoms with Gasteiger partial charge in [-0.25, -0.2) is 26.3 Å². The predicted octanol–water partition coefficient (Wildman–Crippen LogP) is 15.3. The fraction of sp³-hybridized carbons (Fsp3) is 0.216. The molecule has 0 aliphatic carbocycles. The zero-order valence-corrected chi connectivity index (χ0v) is 38.0. The van der Waals surface area contributed by atoms with E-state index in [2.05, 4.69) is 93.5 Å². The first-order valence-electron chi connectivity index (χ1n) is 19.0. The van der Waals surface area contributed by atoms with Crippen molar-refractivity contribution in [2.45, 2.75) is 73.5 Å². The number of aryl methyl sites for hydroxylation is 5. The van der Waals surface area contributed by atoms with E-state index in [0.717, 1.165) is 52.3 Å². The van der Waals surface area contributed by atoms with Gasteiger partial charge < -0.3 is 4.43 Å². The van der Waals surface area contributed by atoms with Gasteiger partial charge >= 0.3 is 0 Å². The van der Waals surface area contributed by atoms with Crippen LogP contribution in [0.5, 0.6) is 5.75 Å². The van der Waals surface area contributed by atoms with Crippen molar-refractivity contribution >= 4 is 24.2 Å². The molecule has 60 heavy (non-hydrogen) atoms. The fourth-order valence-corrected chi connectivity index (χ4v) is 7.12. The quantitative estimate of drug-likeness (QED) is 0.0973. The Morgan fingerprint density at radius 1 is 0.517 bits per heavy atom. The average molecular weight is 898 g/mol. The van der Waals surface area contributed by atoms with Gasteiger partial charge in [0, 0.05) is 10.0 Å². The summed E-state index contributed by atoms with van der Waals surface area (Å²) >= 11 is 3.59. The van der Waals surface area contributed by atoms with Gasteiger partial charge in [-0.15, -0.1) is 6.42 Å². The van der Waals surface area contributed by atoms with Crippen LogP contribution < -0.4 is 4.43 Å². The van der Waals surface area contributed by atoms with E-state index in [1.54, 1.807) is 18.2 Å². The van der Waals surface area contributed by atoms with Crippen LogP contribution in [0.3, 0.4) is 0 Å². The van der Waals surface area contributed by atoms with Gasteiger partial charge in [0.2, 0.25) is 8.32 Å². The molecule has 0 atom stereocenters. The monoisotopic (exact) mass is 896 g/mol. The van der Waals surface area contributed by atoms with Crippen molar-refractivity contribution in [1.29, 1.82) is 0 Å². The molecule has 0 heterocycles. The van der Waals surface area contributed by atoms with Gasteiger partial charge in [-0.2, -0.15) is 0 Å². The molecule has 0 spiro atoms. The van der Waals surface area contributed by atoms with Gasteiger partial charge in [0.15, 0.2) is 23.3 Å². The number of terminal acetylenes is 1. The van der Waals surface area contributed by atoms with E-state index in [1.807, 2.05) is 32.9 Å². The van der Waals surface area contributed by atoms with E-state index in [9.17, 15) is 26.3 Å². The summed E-state index contributed by atoms with van der Waals surface area (Å²) in [5.41, 5.74) is 8.73. The zero-order chi connectivity index (χ0) is 44.7. The molecule has 0 saturated heterocycles. The molecule has 310 valence electrons. The summed E-state index contributed by atoms with van der Waals surface area (Å²) < 4.78 is 87.5. The minimum absolute atomic E-state index is 0.135. The Bertz CT molecular complexity index is 2600. The lowest BCUT2D eigenvalue weighted by molar-refractivity contribution is 0.491. The van der Waals surface area contributed by atoms with E-state index in [4.69, 9.17) is 10.8 Å². The number of hydrogen-bond acceptors (Lipinski definition) is 1. The number of halogens is 7. The topological polar surface area (TPSA) is 9.23 Å². The Hall–Kier alpha value is -5.48. The van der Waals surface area contributed by atoms with Crippen molar-refractivity contribution in [3.05, 3.63) is 181 Å². The first kappa shape index (κ1) is 47.2. The van der Waals surface area contributed by atoms with Crippen molar-refractivity contribution < 1.29 is 30.8 Å². The number of benzene rings is 6. The summed E-state index contributed by atoms with van der Waals surface area (Å²) in [5.74, 6) is 4.25. The van der Waals surface area contributed by atoms with Crippen molar-refractivity contribution in [2.75, 3.05) is 0 Å². The van der Waals surface area contributed by atoms with Crippen LogP contribution >= 0.6 is 15.9 Å². The van der Waals surface area contributed by atoms with E-state index in [0.29, 0.717) is 22.3 Å². The minimum atomic E-state index is -1.72. The molecule has 6 rings (SSSR count). The van der Waals surface area contributed by atoms with E-state index < -0.39 is 43.2 Å². The molecule has 6 aromatic rings. The third-order valence-electron chi connectivity index (χ3n) is 10.2. The Morgan fingerprint density at radius 2 is 0.917 bits per heavy atom. The summed E-state index contributed by atoms with van der Waals surface area (Å²) in [6, 6.07) is 23.9. The van der Waals surface area contributed by atoms with Crippen molar-refractivity contribution in [3.63, 3.8) is 0 Å². The molecule has 0 aliphatic heterocycles. The first-order chi connectivity index (χ1) is 28.0. The minimum Gasteiger partial charge on any atom is -0.543 e. The molecule has 0 N–H and O–H groups in total. The van der Waals surface area contributed by atoms with Crippen LogP contribution in [0, 0.1) is 93.7 Å². The summed E-state index contributed by atoms with van der Waals surface area (Å²) in [6.07, 6.45) is 5.08. The molecule has 6 aromatic carbocycles. The number of hydrogen-bond donors (Lipinski definition) is 0. The van der Waals surface area contributed by atoms with Gasteiger partial charge in [0.05, 0.1) is 11.1 Å². The third kappa shape index (κ3) is 12.1. The molecule has 0 radical (unpaired) electrons. The standard InChI is InChI=1S/C23H17F3.C14H23BrOSi.C14H7F3/c1-14-10-15(2)20(16(3)11-14)8-6-17-4-5-18(12-22(17)25)19-7-9-21(24)23(26)13-19;1-10-8-12(9-11(2)13(10)15)16-17(6,7)14(3,4)5;1-2-9-3-4-10(7-13(9)16)11-5-6-12(15)14(17)8-11/h4-5,7,9-13H,1-3H3;8-9H,1-7H3;1,3-8H. The zero-order valence-electron chi connectivity index (χ0n) is 35.4. The second kappa shape index (κ2) is 19.7. The highest BCUT2D eigenvalue weighted by Gasteiger charge is 2.39. The second-order valence-corrected chi connectivity index (χ2v) is 21.6. The largest absolute Gasteiger partial charge is 0.543 e. The molecule has 0 bridgehead atoms. The smallest absolute Gasteiger partial charge is 0.250 e.